The second-order valence-corrected chi connectivity index (χ2v) is 7.83. The van der Waals surface area contributed by atoms with E-state index in [4.69, 9.17) is 4.74 Å². The molecule has 0 saturated carbocycles. The van der Waals surface area contributed by atoms with E-state index >= 15 is 0 Å². The maximum Gasteiger partial charge on any atom is 0.267 e. The molecule has 0 bridgehead atoms. The standard InChI is InChI=1S/C24H27N3O3/c1-30-20-7-4-5-18(13-20)14-23(28)27-11-9-17(10-12-27)16-25-24(29)22-15-19-6-2-3-8-21(19)26-22/h2-8,13,15,17,26H,9-12,14,16H2,1H3,(H,25,29). The van der Waals surface area contributed by atoms with E-state index in [1.165, 1.54) is 0 Å². The van der Waals surface area contributed by atoms with Crippen LogP contribution in [0.15, 0.2) is 54.6 Å². The van der Waals surface area contributed by atoms with Crippen LogP contribution in [-0.2, 0) is 11.2 Å². The van der Waals surface area contributed by atoms with Gasteiger partial charge >= 0.3 is 0 Å². The number of rotatable bonds is 6. The van der Waals surface area contributed by atoms with Crippen LogP contribution in [0.3, 0.4) is 0 Å². The summed E-state index contributed by atoms with van der Waals surface area (Å²) in [5.74, 6) is 1.22. The number of aromatic nitrogens is 1. The van der Waals surface area contributed by atoms with Gasteiger partial charge in [0.15, 0.2) is 0 Å². The summed E-state index contributed by atoms with van der Waals surface area (Å²) in [6.45, 7) is 2.09. The number of ether oxygens (including phenoxy) is 1. The first-order valence-electron chi connectivity index (χ1n) is 10.4. The summed E-state index contributed by atoms with van der Waals surface area (Å²) in [5, 5.41) is 4.07. The van der Waals surface area contributed by atoms with Crippen LogP contribution in [0.2, 0.25) is 0 Å². The number of carbonyl (C=O) groups excluding carboxylic acids is 2. The Labute approximate surface area is 176 Å². The van der Waals surface area contributed by atoms with Crippen molar-refractivity contribution in [3.05, 3.63) is 65.9 Å². The molecule has 1 aromatic heterocycles. The number of fused-ring (bicyclic) bond motifs is 1. The first kappa shape index (κ1) is 20.0. The Morgan fingerprint density at radius 2 is 1.90 bits per heavy atom. The van der Waals surface area contributed by atoms with Crippen LogP contribution in [0.4, 0.5) is 0 Å². The van der Waals surface area contributed by atoms with Crippen molar-refractivity contribution in [1.82, 2.24) is 15.2 Å². The number of benzene rings is 2. The molecule has 2 N–H and O–H groups in total. The summed E-state index contributed by atoms with van der Waals surface area (Å²) in [6.07, 6.45) is 2.19. The van der Waals surface area contributed by atoms with E-state index in [1.54, 1.807) is 7.11 Å². The van der Waals surface area contributed by atoms with Gasteiger partial charge in [-0.05, 0) is 48.6 Å². The lowest BCUT2D eigenvalue weighted by atomic mass is 9.96. The van der Waals surface area contributed by atoms with E-state index in [9.17, 15) is 9.59 Å². The molecule has 1 fully saturated rings. The van der Waals surface area contributed by atoms with Gasteiger partial charge in [0.05, 0.1) is 13.5 Å². The average Bonchev–Trinajstić information content (AvgIpc) is 3.22. The number of hydrogen-bond donors (Lipinski definition) is 2. The molecular formula is C24H27N3O3. The Morgan fingerprint density at radius 3 is 2.67 bits per heavy atom. The first-order chi connectivity index (χ1) is 14.6. The van der Waals surface area contributed by atoms with Gasteiger partial charge in [-0.1, -0.05) is 30.3 Å². The van der Waals surface area contributed by atoms with Crippen LogP contribution in [0.1, 0.15) is 28.9 Å². The fraction of sp³-hybridized carbons (Fsp3) is 0.333. The molecule has 2 amide bonds. The molecule has 0 aliphatic carbocycles. The Balaban J connectivity index is 1.24. The van der Waals surface area contributed by atoms with Crippen molar-refractivity contribution in [1.29, 1.82) is 0 Å². The number of nitrogens with one attached hydrogen (secondary N) is 2. The van der Waals surface area contributed by atoms with E-state index in [-0.39, 0.29) is 11.8 Å². The maximum atomic E-state index is 12.6. The predicted molar refractivity (Wildman–Crippen MR) is 117 cm³/mol. The minimum absolute atomic E-state index is 0.0808. The van der Waals surface area contributed by atoms with Crippen LogP contribution in [0.25, 0.3) is 10.9 Å². The average molecular weight is 405 g/mol. The Hall–Kier alpha value is -3.28. The number of methoxy groups -OCH3 is 1. The Morgan fingerprint density at radius 1 is 1.10 bits per heavy atom. The third kappa shape index (κ3) is 4.64. The first-order valence-corrected chi connectivity index (χ1v) is 10.4. The van der Waals surface area contributed by atoms with Gasteiger partial charge in [-0.2, -0.15) is 0 Å². The molecular weight excluding hydrogens is 378 g/mol. The van der Waals surface area contributed by atoms with Gasteiger partial charge in [-0.25, -0.2) is 0 Å². The SMILES string of the molecule is COc1cccc(CC(=O)N2CCC(CNC(=O)c3cc4ccccc4[nH]3)CC2)c1. The topological polar surface area (TPSA) is 74.4 Å². The van der Waals surface area contributed by atoms with Crippen LogP contribution in [0.5, 0.6) is 5.75 Å². The van der Waals surface area contributed by atoms with Crippen molar-refractivity contribution in [3.63, 3.8) is 0 Å². The zero-order valence-electron chi connectivity index (χ0n) is 17.2. The molecule has 6 heteroatoms. The molecule has 1 aliphatic heterocycles. The third-order valence-corrected chi connectivity index (χ3v) is 5.78. The largest absolute Gasteiger partial charge is 0.497 e. The Kier molecular flexibility index (Phi) is 6.02. The molecule has 2 heterocycles. The summed E-state index contributed by atoms with van der Waals surface area (Å²) in [4.78, 5) is 30.2. The van der Waals surface area contributed by atoms with Crippen molar-refractivity contribution in [2.45, 2.75) is 19.3 Å². The summed E-state index contributed by atoms with van der Waals surface area (Å²) in [6, 6.07) is 17.4. The molecule has 1 saturated heterocycles. The van der Waals surface area contributed by atoms with E-state index in [0.29, 0.717) is 24.6 Å². The van der Waals surface area contributed by atoms with Crippen molar-refractivity contribution < 1.29 is 14.3 Å². The number of likely N-dealkylation sites (tertiary alicyclic amines) is 1. The summed E-state index contributed by atoms with van der Waals surface area (Å²) < 4.78 is 5.23. The lowest BCUT2D eigenvalue weighted by Gasteiger charge is -2.32. The van der Waals surface area contributed by atoms with Crippen molar-refractivity contribution in [3.8, 4) is 5.75 Å². The molecule has 30 heavy (non-hydrogen) atoms. The molecule has 0 unspecified atom stereocenters. The van der Waals surface area contributed by atoms with Gasteiger partial charge in [0.1, 0.15) is 11.4 Å². The highest BCUT2D eigenvalue weighted by Gasteiger charge is 2.23. The predicted octanol–water partition coefficient (Wildman–Crippen LogP) is 3.39. The minimum Gasteiger partial charge on any atom is -0.497 e. The van der Waals surface area contributed by atoms with Crippen LogP contribution < -0.4 is 10.1 Å². The molecule has 4 rings (SSSR count). The van der Waals surface area contributed by atoms with E-state index < -0.39 is 0 Å². The molecule has 1 aliphatic rings. The zero-order chi connectivity index (χ0) is 20.9. The highest BCUT2D eigenvalue weighted by molar-refractivity contribution is 5.97. The van der Waals surface area contributed by atoms with E-state index in [0.717, 1.165) is 48.1 Å². The number of piperidine rings is 1. The summed E-state index contributed by atoms with van der Waals surface area (Å²) in [5.41, 5.74) is 2.51. The maximum absolute atomic E-state index is 12.6. The lowest BCUT2D eigenvalue weighted by Crippen LogP contribution is -2.42. The molecule has 0 radical (unpaired) electrons. The van der Waals surface area contributed by atoms with Crippen molar-refractivity contribution in [2.75, 3.05) is 26.7 Å². The van der Waals surface area contributed by atoms with Gasteiger partial charge < -0.3 is 19.9 Å². The molecule has 2 aromatic carbocycles. The smallest absolute Gasteiger partial charge is 0.267 e. The molecule has 156 valence electrons. The second kappa shape index (κ2) is 9.03. The monoisotopic (exact) mass is 405 g/mol. The van der Waals surface area contributed by atoms with Gasteiger partial charge in [0, 0.05) is 30.5 Å². The highest BCUT2D eigenvalue weighted by Crippen LogP contribution is 2.19. The summed E-state index contributed by atoms with van der Waals surface area (Å²) in [7, 11) is 1.63. The van der Waals surface area contributed by atoms with Gasteiger partial charge in [0.25, 0.3) is 5.91 Å². The van der Waals surface area contributed by atoms with Crippen molar-refractivity contribution >= 4 is 22.7 Å². The van der Waals surface area contributed by atoms with Crippen LogP contribution in [-0.4, -0.2) is 48.4 Å². The van der Waals surface area contributed by atoms with Crippen LogP contribution in [0, 0.1) is 5.92 Å². The molecule has 3 aromatic rings. The van der Waals surface area contributed by atoms with Gasteiger partial charge in [-0.15, -0.1) is 0 Å². The van der Waals surface area contributed by atoms with E-state index in [2.05, 4.69) is 10.3 Å². The normalized spacial score (nSPS) is 14.6. The molecule has 0 spiro atoms. The molecule has 6 nitrogen and oxygen atoms in total. The number of carbonyl (C=O) groups is 2. The number of hydrogen-bond acceptors (Lipinski definition) is 3. The lowest BCUT2D eigenvalue weighted by molar-refractivity contribution is -0.131. The number of amides is 2. The number of aromatic amines is 1. The second-order valence-electron chi connectivity index (χ2n) is 7.83. The Bertz CT molecular complexity index is 1000. The fourth-order valence-corrected chi connectivity index (χ4v) is 3.98. The third-order valence-electron chi connectivity index (χ3n) is 5.78. The van der Waals surface area contributed by atoms with Gasteiger partial charge in [-0.3, -0.25) is 9.59 Å². The quantitative estimate of drug-likeness (QED) is 0.660. The fourth-order valence-electron chi connectivity index (χ4n) is 3.98. The zero-order valence-corrected chi connectivity index (χ0v) is 17.2. The van der Waals surface area contributed by atoms with Crippen molar-refractivity contribution in [2.24, 2.45) is 5.92 Å². The summed E-state index contributed by atoms with van der Waals surface area (Å²) >= 11 is 0. The number of para-hydroxylation sites is 1. The minimum atomic E-state index is -0.0808. The number of nitrogens with zero attached hydrogens (tertiary/aromatic N) is 1. The number of H-pyrrole nitrogens is 1. The van der Waals surface area contributed by atoms with Gasteiger partial charge in [0.2, 0.25) is 5.91 Å². The van der Waals surface area contributed by atoms with E-state index in [1.807, 2.05) is 59.5 Å². The molecule has 0 atom stereocenters. The highest BCUT2D eigenvalue weighted by atomic mass is 16.5. The van der Waals surface area contributed by atoms with Crippen LogP contribution >= 0.6 is 0 Å².